The Bertz CT molecular complexity index is 80.4. The number of allylic oxidation sites excluding steroid dienone is 1. The maximum absolute atomic E-state index is 2.36. The molecule has 1 aliphatic rings. The van der Waals surface area contributed by atoms with Gasteiger partial charge in [0, 0.05) is 13.1 Å². The van der Waals surface area contributed by atoms with Crippen molar-refractivity contribution in [2.75, 3.05) is 13.1 Å². The summed E-state index contributed by atoms with van der Waals surface area (Å²) in [5.74, 6) is 0. The van der Waals surface area contributed by atoms with E-state index in [4.69, 9.17) is 0 Å². The first-order valence-electron chi connectivity index (χ1n) is 3.30. The molecule has 0 saturated carbocycles. The molecule has 0 spiro atoms. The maximum atomic E-state index is 2.36. The van der Waals surface area contributed by atoms with Crippen molar-refractivity contribution in [1.29, 1.82) is 0 Å². The van der Waals surface area contributed by atoms with E-state index < -0.39 is 0 Å². The Morgan fingerprint density at radius 1 is 1.25 bits per heavy atom. The summed E-state index contributed by atoms with van der Waals surface area (Å²) in [6, 6.07) is 0. The van der Waals surface area contributed by atoms with Crippen molar-refractivity contribution in [1.82, 2.24) is 4.90 Å². The highest BCUT2D eigenvalue weighted by molar-refractivity contribution is 4.81. The Labute approximate surface area is 51.0 Å². The Balaban J connectivity index is 2.24. The summed E-state index contributed by atoms with van der Waals surface area (Å²) >= 11 is 0. The number of hydrogen-bond acceptors (Lipinski definition) is 1. The van der Waals surface area contributed by atoms with Gasteiger partial charge in [-0.05, 0) is 26.0 Å². The second kappa shape index (κ2) is 2.75. The third-order valence-electron chi connectivity index (χ3n) is 1.50. The molecule has 0 atom stereocenters. The van der Waals surface area contributed by atoms with E-state index in [-0.39, 0.29) is 0 Å². The Hall–Kier alpha value is -0.460. The van der Waals surface area contributed by atoms with Crippen LogP contribution in [-0.4, -0.2) is 18.0 Å². The monoisotopic (exact) mass is 111 g/mol. The van der Waals surface area contributed by atoms with Crippen molar-refractivity contribution < 1.29 is 0 Å². The molecule has 0 unspecified atom stereocenters. The summed E-state index contributed by atoms with van der Waals surface area (Å²) in [7, 11) is 0. The zero-order valence-corrected chi connectivity index (χ0v) is 5.43. The summed E-state index contributed by atoms with van der Waals surface area (Å²) in [5.41, 5.74) is 0. The van der Waals surface area contributed by atoms with Crippen molar-refractivity contribution in [3.8, 4) is 0 Å². The SMILES string of the molecule is C/C=C/N1CCCC1. The van der Waals surface area contributed by atoms with Crippen LogP contribution in [0.5, 0.6) is 0 Å². The molecule has 1 saturated heterocycles. The minimum atomic E-state index is 1.27. The molecule has 0 amide bonds. The van der Waals surface area contributed by atoms with Gasteiger partial charge >= 0.3 is 0 Å². The van der Waals surface area contributed by atoms with Crippen LogP contribution < -0.4 is 0 Å². The van der Waals surface area contributed by atoms with E-state index in [1.165, 1.54) is 25.9 Å². The largest absolute Gasteiger partial charge is 0.378 e. The predicted octanol–water partition coefficient (Wildman–Crippen LogP) is 1.62. The van der Waals surface area contributed by atoms with Gasteiger partial charge in [-0.3, -0.25) is 0 Å². The lowest BCUT2D eigenvalue weighted by molar-refractivity contribution is 0.467. The van der Waals surface area contributed by atoms with Crippen LogP contribution in [0.3, 0.4) is 0 Å². The third kappa shape index (κ3) is 1.25. The molecule has 0 radical (unpaired) electrons. The molecule has 1 nitrogen and oxygen atoms in total. The highest BCUT2D eigenvalue weighted by Gasteiger charge is 2.04. The molecule has 1 fully saturated rings. The van der Waals surface area contributed by atoms with Crippen molar-refractivity contribution in [3.05, 3.63) is 12.3 Å². The lowest BCUT2D eigenvalue weighted by Crippen LogP contribution is -2.09. The molecule has 1 aliphatic heterocycles. The second-order valence-corrected chi connectivity index (χ2v) is 2.23. The van der Waals surface area contributed by atoms with Gasteiger partial charge in [-0.2, -0.15) is 0 Å². The first-order chi connectivity index (χ1) is 3.93. The third-order valence-corrected chi connectivity index (χ3v) is 1.50. The van der Waals surface area contributed by atoms with Crippen molar-refractivity contribution in [2.24, 2.45) is 0 Å². The minimum Gasteiger partial charge on any atom is -0.378 e. The number of likely N-dealkylation sites (tertiary alicyclic amines) is 1. The molecule has 0 aromatic rings. The van der Waals surface area contributed by atoms with Crippen LogP contribution >= 0.6 is 0 Å². The maximum Gasteiger partial charge on any atom is 0.0173 e. The molecule has 46 valence electrons. The standard InChI is InChI=1S/C7H13N/c1-2-5-8-6-3-4-7-8/h2,5H,3-4,6-7H2,1H3/b5-2+. The fourth-order valence-electron chi connectivity index (χ4n) is 1.10. The highest BCUT2D eigenvalue weighted by atomic mass is 15.1. The fourth-order valence-corrected chi connectivity index (χ4v) is 1.10. The van der Waals surface area contributed by atoms with E-state index in [0.717, 1.165) is 0 Å². The lowest BCUT2D eigenvalue weighted by atomic mass is 10.4. The topological polar surface area (TPSA) is 3.24 Å². The second-order valence-electron chi connectivity index (χ2n) is 2.23. The number of rotatable bonds is 1. The van der Waals surface area contributed by atoms with Crippen molar-refractivity contribution in [2.45, 2.75) is 19.8 Å². The molecule has 0 aromatic carbocycles. The van der Waals surface area contributed by atoms with Gasteiger partial charge in [-0.25, -0.2) is 0 Å². The van der Waals surface area contributed by atoms with Gasteiger partial charge in [-0.1, -0.05) is 6.08 Å². The van der Waals surface area contributed by atoms with E-state index in [0.29, 0.717) is 0 Å². The van der Waals surface area contributed by atoms with Gasteiger partial charge in [0.15, 0.2) is 0 Å². The quantitative estimate of drug-likeness (QED) is 0.497. The van der Waals surface area contributed by atoms with Gasteiger partial charge in [-0.15, -0.1) is 0 Å². The zero-order chi connectivity index (χ0) is 5.82. The molecule has 1 rings (SSSR count). The molecule has 1 heterocycles. The van der Waals surface area contributed by atoms with Crippen molar-refractivity contribution >= 4 is 0 Å². The molecule has 0 bridgehead atoms. The molecular weight excluding hydrogens is 98.1 g/mol. The smallest absolute Gasteiger partial charge is 0.0173 e. The lowest BCUT2D eigenvalue weighted by Gasteiger charge is -2.08. The molecule has 0 aliphatic carbocycles. The summed E-state index contributed by atoms with van der Waals surface area (Å²) in [4.78, 5) is 2.36. The van der Waals surface area contributed by atoms with Crippen LogP contribution in [0, 0.1) is 0 Å². The average molecular weight is 111 g/mol. The first-order valence-corrected chi connectivity index (χ1v) is 3.30. The van der Waals surface area contributed by atoms with Crippen LogP contribution in [0.25, 0.3) is 0 Å². The molecule has 0 N–H and O–H groups in total. The van der Waals surface area contributed by atoms with Crippen molar-refractivity contribution in [3.63, 3.8) is 0 Å². The first kappa shape index (κ1) is 5.67. The molecular formula is C7H13N. The summed E-state index contributed by atoms with van der Waals surface area (Å²) in [6.45, 7) is 4.60. The fraction of sp³-hybridized carbons (Fsp3) is 0.714. The van der Waals surface area contributed by atoms with Gasteiger partial charge in [0.05, 0.1) is 0 Å². The number of nitrogens with zero attached hydrogens (tertiary/aromatic N) is 1. The molecule has 0 aromatic heterocycles. The van der Waals surface area contributed by atoms with Crippen LogP contribution in [-0.2, 0) is 0 Å². The van der Waals surface area contributed by atoms with Crippen LogP contribution in [0.4, 0.5) is 0 Å². The van der Waals surface area contributed by atoms with E-state index in [9.17, 15) is 0 Å². The Morgan fingerprint density at radius 2 is 1.88 bits per heavy atom. The van der Waals surface area contributed by atoms with E-state index >= 15 is 0 Å². The van der Waals surface area contributed by atoms with E-state index in [2.05, 4.69) is 24.1 Å². The van der Waals surface area contributed by atoms with E-state index in [1.807, 2.05) is 0 Å². The van der Waals surface area contributed by atoms with E-state index in [1.54, 1.807) is 0 Å². The number of hydrogen-bond donors (Lipinski definition) is 0. The van der Waals surface area contributed by atoms with Gasteiger partial charge in [0.1, 0.15) is 0 Å². The predicted molar refractivity (Wildman–Crippen MR) is 35.6 cm³/mol. The summed E-state index contributed by atoms with van der Waals surface area (Å²) < 4.78 is 0. The minimum absolute atomic E-state index is 1.27. The van der Waals surface area contributed by atoms with Crippen LogP contribution in [0.15, 0.2) is 12.3 Å². The van der Waals surface area contributed by atoms with Crippen LogP contribution in [0.1, 0.15) is 19.8 Å². The highest BCUT2D eigenvalue weighted by Crippen LogP contribution is 2.06. The van der Waals surface area contributed by atoms with Gasteiger partial charge < -0.3 is 4.90 Å². The van der Waals surface area contributed by atoms with Gasteiger partial charge in [0.25, 0.3) is 0 Å². The van der Waals surface area contributed by atoms with Gasteiger partial charge in [0.2, 0.25) is 0 Å². The Kier molecular flexibility index (Phi) is 1.95. The Morgan fingerprint density at radius 3 is 2.38 bits per heavy atom. The average Bonchev–Trinajstić information content (AvgIpc) is 2.19. The molecule has 8 heavy (non-hydrogen) atoms. The normalized spacial score (nSPS) is 20.9. The summed E-state index contributed by atoms with van der Waals surface area (Å²) in [5, 5.41) is 0. The summed E-state index contributed by atoms with van der Waals surface area (Å²) in [6.07, 6.45) is 7.03. The molecule has 1 heteroatoms. The zero-order valence-electron chi connectivity index (χ0n) is 5.43. The van der Waals surface area contributed by atoms with Crippen LogP contribution in [0.2, 0.25) is 0 Å².